The summed E-state index contributed by atoms with van der Waals surface area (Å²) in [7, 11) is 0. The molecule has 102 valence electrons. The van der Waals surface area contributed by atoms with Crippen molar-refractivity contribution < 1.29 is 13.9 Å². The monoisotopic (exact) mass is 264 g/mol. The van der Waals surface area contributed by atoms with Crippen LogP contribution in [0.15, 0.2) is 27.4 Å². The average molecular weight is 264 g/mol. The third-order valence-corrected chi connectivity index (χ3v) is 2.54. The summed E-state index contributed by atoms with van der Waals surface area (Å²) in [5.74, 6) is -0.811. The fourth-order valence-corrected chi connectivity index (χ4v) is 1.58. The Balaban J connectivity index is 1.94. The average Bonchev–Trinajstić information content (AvgIpc) is 2.73. The smallest absolute Gasteiger partial charge is 0.417 e. The third-order valence-electron chi connectivity index (χ3n) is 2.54. The van der Waals surface area contributed by atoms with Gasteiger partial charge in [0, 0.05) is 6.04 Å². The fourth-order valence-electron chi connectivity index (χ4n) is 1.58. The van der Waals surface area contributed by atoms with Crippen LogP contribution in [0.2, 0.25) is 0 Å². The van der Waals surface area contributed by atoms with Crippen LogP contribution in [0, 0.1) is 0 Å². The van der Waals surface area contributed by atoms with Crippen LogP contribution in [0.1, 0.15) is 19.4 Å². The van der Waals surface area contributed by atoms with Crippen molar-refractivity contribution in [2.45, 2.75) is 26.5 Å². The normalized spacial score (nSPS) is 11.1. The Bertz CT molecular complexity index is 627. The van der Waals surface area contributed by atoms with E-state index in [1.54, 1.807) is 18.2 Å². The first kappa shape index (κ1) is 13.4. The van der Waals surface area contributed by atoms with E-state index in [0.29, 0.717) is 11.1 Å². The van der Waals surface area contributed by atoms with E-state index in [-0.39, 0.29) is 25.2 Å². The number of benzene rings is 1. The Morgan fingerprint density at radius 1 is 1.47 bits per heavy atom. The van der Waals surface area contributed by atoms with Gasteiger partial charge in [-0.2, -0.15) is 0 Å². The van der Waals surface area contributed by atoms with E-state index in [1.807, 2.05) is 13.8 Å². The Morgan fingerprint density at radius 2 is 2.26 bits per heavy atom. The van der Waals surface area contributed by atoms with Crippen LogP contribution in [-0.4, -0.2) is 23.5 Å². The molecule has 0 saturated heterocycles. The highest BCUT2D eigenvalue weighted by atomic mass is 16.5. The zero-order valence-corrected chi connectivity index (χ0v) is 10.9. The van der Waals surface area contributed by atoms with Gasteiger partial charge in [-0.15, -0.1) is 0 Å². The number of hydrogen-bond donors (Lipinski definition) is 2. The van der Waals surface area contributed by atoms with Crippen molar-refractivity contribution in [3.05, 3.63) is 34.3 Å². The topological polar surface area (TPSA) is 84.3 Å². The maximum Gasteiger partial charge on any atom is 0.417 e. The number of oxazole rings is 1. The van der Waals surface area contributed by atoms with Crippen LogP contribution < -0.4 is 11.1 Å². The van der Waals surface area contributed by atoms with Gasteiger partial charge < -0.3 is 14.5 Å². The summed E-state index contributed by atoms with van der Waals surface area (Å²) in [6, 6.07) is 5.40. The highest BCUT2D eigenvalue weighted by Gasteiger charge is 2.06. The van der Waals surface area contributed by atoms with Gasteiger partial charge in [0.2, 0.25) is 0 Å². The number of esters is 1. The van der Waals surface area contributed by atoms with Crippen LogP contribution in [-0.2, 0) is 16.1 Å². The van der Waals surface area contributed by atoms with Crippen molar-refractivity contribution in [3.8, 4) is 0 Å². The molecule has 0 aliphatic rings. The number of nitrogens with one attached hydrogen (secondary N) is 2. The number of carbonyl (C=O) groups excluding carboxylic acids is 1. The van der Waals surface area contributed by atoms with Gasteiger partial charge in [0.15, 0.2) is 5.58 Å². The van der Waals surface area contributed by atoms with E-state index < -0.39 is 5.76 Å². The lowest BCUT2D eigenvalue weighted by molar-refractivity contribution is -0.143. The molecular formula is C13H16N2O4. The molecule has 1 aromatic carbocycles. The molecule has 0 unspecified atom stereocenters. The van der Waals surface area contributed by atoms with Crippen molar-refractivity contribution in [2.75, 3.05) is 6.54 Å². The quantitative estimate of drug-likeness (QED) is 0.792. The van der Waals surface area contributed by atoms with Gasteiger partial charge in [-0.25, -0.2) is 4.79 Å². The van der Waals surface area contributed by atoms with Crippen LogP contribution in [0.4, 0.5) is 0 Å². The molecule has 0 fully saturated rings. The first-order chi connectivity index (χ1) is 9.04. The molecule has 2 aromatic rings. The minimum absolute atomic E-state index is 0.156. The lowest BCUT2D eigenvalue weighted by atomic mass is 10.2. The number of ether oxygens (including phenoxy) is 1. The molecule has 1 aromatic heterocycles. The van der Waals surface area contributed by atoms with Crippen LogP contribution in [0.5, 0.6) is 0 Å². The third kappa shape index (κ3) is 3.69. The standard InChI is InChI=1S/C13H16N2O4/c1-8(2)14-6-12(16)18-7-9-3-4-10-11(5-9)19-13(17)15-10/h3-5,8,14H,6-7H2,1-2H3,(H,15,17). The Kier molecular flexibility index (Phi) is 4.01. The molecule has 6 heteroatoms. The van der Waals surface area contributed by atoms with E-state index in [1.165, 1.54) is 0 Å². The van der Waals surface area contributed by atoms with Crippen molar-refractivity contribution in [3.63, 3.8) is 0 Å². The van der Waals surface area contributed by atoms with Crippen molar-refractivity contribution >= 4 is 17.1 Å². The fraction of sp³-hybridized carbons (Fsp3) is 0.385. The van der Waals surface area contributed by atoms with Crippen LogP contribution in [0.3, 0.4) is 0 Å². The summed E-state index contributed by atoms with van der Waals surface area (Å²) in [4.78, 5) is 25.0. The van der Waals surface area contributed by atoms with E-state index in [0.717, 1.165) is 5.56 Å². The summed E-state index contributed by atoms with van der Waals surface area (Å²) in [6.07, 6.45) is 0. The van der Waals surface area contributed by atoms with E-state index in [2.05, 4.69) is 10.3 Å². The summed E-state index contributed by atoms with van der Waals surface area (Å²) < 4.78 is 10.0. The lowest BCUT2D eigenvalue weighted by Gasteiger charge is -2.08. The molecule has 0 aliphatic carbocycles. The number of H-pyrrole nitrogens is 1. The lowest BCUT2D eigenvalue weighted by Crippen LogP contribution is -2.30. The Hall–Kier alpha value is -2.08. The molecule has 0 saturated carbocycles. The highest BCUT2D eigenvalue weighted by molar-refractivity contribution is 5.73. The molecule has 0 radical (unpaired) electrons. The second-order valence-electron chi connectivity index (χ2n) is 4.54. The number of fused-ring (bicyclic) bond motifs is 1. The molecule has 2 rings (SSSR count). The summed E-state index contributed by atoms with van der Waals surface area (Å²) in [6.45, 7) is 4.24. The molecule has 0 spiro atoms. The first-order valence-electron chi connectivity index (χ1n) is 6.05. The largest absolute Gasteiger partial charge is 0.460 e. The molecule has 6 nitrogen and oxygen atoms in total. The van der Waals surface area contributed by atoms with Gasteiger partial charge >= 0.3 is 11.7 Å². The van der Waals surface area contributed by atoms with E-state index in [4.69, 9.17) is 9.15 Å². The van der Waals surface area contributed by atoms with Crippen LogP contribution in [0.25, 0.3) is 11.1 Å². The zero-order valence-electron chi connectivity index (χ0n) is 10.9. The van der Waals surface area contributed by atoms with Gasteiger partial charge in [-0.1, -0.05) is 19.9 Å². The van der Waals surface area contributed by atoms with Gasteiger partial charge in [0.25, 0.3) is 0 Å². The SMILES string of the molecule is CC(C)NCC(=O)OCc1ccc2[nH]c(=O)oc2c1. The predicted octanol–water partition coefficient (Wildman–Crippen LogP) is 1.16. The number of carbonyl (C=O) groups is 1. The predicted molar refractivity (Wildman–Crippen MR) is 69.8 cm³/mol. The molecule has 0 bridgehead atoms. The second-order valence-corrected chi connectivity index (χ2v) is 4.54. The molecule has 1 heterocycles. The minimum atomic E-state index is -0.495. The molecule has 2 N–H and O–H groups in total. The Morgan fingerprint density at radius 3 is 3.00 bits per heavy atom. The van der Waals surface area contributed by atoms with E-state index in [9.17, 15) is 9.59 Å². The van der Waals surface area contributed by atoms with Crippen LogP contribution >= 0.6 is 0 Å². The molecule has 0 atom stereocenters. The van der Waals surface area contributed by atoms with Gasteiger partial charge in [-0.05, 0) is 17.7 Å². The van der Waals surface area contributed by atoms with Gasteiger partial charge in [-0.3, -0.25) is 9.78 Å². The van der Waals surface area contributed by atoms with Gasteiger partial charge in [0.1, 0.15) is 6.61 Å². The molecular weight excluding hydrogens is 248 g/mol. The summed E-state index contributed by atoms with van der Waals surface area (Å²) in [5, 5.41) is 2.98. The number of aromatic amines is 1. The number of aromatic nitrogens is 1. The number of rotatable bonds is 5. The maximum absolute atomic E-state index is 11.4. The van der Waals surface area contributed by atoms with Crippen molar-refractivity contribution in [1.29, 1.82) is 0 Å². The van der Waals surface area contributed by atoms with E-state index >= 15 is 0 Å². The molecule has 0 aliphatic heterocycles. The van der Waals surface area contributed by atoms with Crippen molar-refractivity contribution in [1.82, 2.24) is 10.3 Å². The molecule has 0 amide bonds. The van der Waals surface area contributed by atoms with Crippen molar-refractivity contribution in [2.24, 2.45) is 0 Å². The molecule has 19 heavy (non-hydrogen) atoms. The first-order valence-corrected chi connectivity index (χ1v) is 6.05. The second kappa shape index (κ2) is 5.71. The maximum atomic E-state index is 11.4. The zero-order chi connectivity index (χ0) is 13.8. The summed E-state index contributed by atoms with van der Waals surface area (Å²) >= 11 is 0. The number of hydrogen-bond acceptors (Lipinski definition) is 5. The highest BCUT2D eigenvalue weighted by Crippen LogP contribution is 2.13. The minimum Gasteiger partial charge on any atom is -0.460 e. The van der Waals surface area contributed by atoms with Gasteiger partial charge in [0.05, 0.1) is 12.1 Å². The Labute approximate surface area is 109 Å². The summed E-state index contributed by atoms with van der Waals surface area (Å²) in [5.41, 5.74) is 1.86.